The number of thiophene rings is 1. The summed E-state index contributed by atoms with van der Waals surface area (Å²) in [4.78, 5) is 29.6. The van der Waals surface area contributed by atoms with Gasteiger partial charge in [0.2, 0.25) is 5.89 Å². The van der Waals surface area contributed by atoms with Crippen molar-refractivity contribution < 1.29 is 18.7 Å². The van der Waals surface area contributed by atoms with Gasteiger partial charge in [0.15, 0.2) is 18.0 Å². The zero-order valence-corrected chi connectivity index (χ0v) is 13.4. The number of esters is 1. The van der Waals surface area contributed by atoms with E-state index >= 15 is 0 Å². The standard InChI is InChI=1S/C17H15NO4S/c1-11-6-8-15(23-11)13(19)7-9-17(20)21-10-16-18-12-4-2-3-5-14(12)22-16/h2-6,8H,7,9-10H2,1H3. The molecule has 5 nitrogen and oxygen atoms in total. The minimum atomic E-state index is -0.436. The molecule has 0 saturated carbocycles. The van der Waals surface area contributed by atoms with Gasteiger partial charge in [-0.1, -0.05) is 12.1 Å². The molecule has 2 heterocycles. The molecule has 1 aromatic carbocycles. The fourth-order valence-corrected chi connectivity index (χ4v) is 2.95. The van der Waals surface area contributed by atoms with Crippen molar-refractivity contribution in [3.05, 3.63) is 52.0 Å². The highest BCUT2D eigenvalue weighted by atomic mass is 32.1. The van der Waals surface area contributed by atoms with Gasteiger partial charge in [-0.2, -0.15) is 0 Å². The third-order valence-electron chi connectivity index (χ3n) is 3.27. The third-order valence-corrected chi connectivity index (χ3v) is 4.31. The summed E-state index contributed by atoms with van der Waals surface area (Å²) in [5.74, 6) is -0.129. The Morgan fingerprint density at radius 1 is 1.17 bits per heavy atom. The molecule has 0 aliphatic heterocycles. The van der Waals surface area contributed by atoms with E-state index in [9.17, 15) is 9.59 Å². The second-order valence-corrected chi connectivity index (χ2v) is 6.36. The lowest BCUT2D eigenvalue weighted by Gasteiger charge is -2.01. The van der Waals surface area contributed by atoms with Crippen LogP contribution in [0.3, 0.4) is 0 Å². The molecule has 118 valence electrons. The smallest absolute Gasteiger partial charge is 0.306 e. The van der Waals surface area contributed by atoms with Crippen molar-refractivity contribution >= 4 is 34.2 Å². The quantitative estimate of drug-likeness (QED) is 0.506. The Labute approximate surface area is 136 Å². The number of carbonyl (C=O) groups excluding carboxylic acids is 2. The third kappa shape index (κ3) is 3.84. The van der Waals surface area contributed by atoms with Gasteiger partial charge >= 0.3 is 5.97 Å². The van der Waals surface area contributed by atoms with Crippen LogP contribution >= 0.6 is 11.3 Å². The number of hydrogen-bond acceptors (Lipinski definition) is 6. The number of rotatable bonds is 6. The summed E-state index contributed by atoms with van der Waals surface area (Å²) in [6, 6.07) is 11.0. The van der Waals surface area contributed by atoms with Crippen molar-refractivity contribution in [3.63, 3.8) is 0 Å². The van der Waals surface area contributed by atoms with Crippen molar-refractivity contribution in [1.82, 2.24) is 4.98 Å². The summed E-state index contributed by atoms with van der Waals surface area (Å²) < 4.78 is 10.6. The normalized spacial score (nSPS) is 10.8. The molecule has 6 heteroatoms. The van der Waals surface area contributed by atoms with Crippen LogP contribution in [0.25, 0.3) is 11.1 Å². The lowest BCUT2D eigenvalue weighted by molar-refractivity contribution is -0.145. The van der Waals surface area contributed by atoms with Crippen LogP contribution in [0.4, 0.5) is 0 Å². The lowest BCUT2D eigenvalue weighted by Crippen LogP contribution is -2.07. The van der Waals surface area contributed by atoms with E-state index in [1.54, 1.807) is 12.1 Å². The highest BCUT2D eigenvalue weighted by molar-refractivity contribution is 7.14. The first-order valence-electron chi connectivity index (χ1n) is 7.21. The molecule has 0 fully saturated rings. The van der Waals surface area contributed by atoms with Gasteiger partial charge in [0.1, 0.15) is 5.52 Å². The Kier molecular flexibility index (Phi) is 4.52. The predicted molar refractivity (Wildman–Crippen MR) is 86.4 cm³/mol. The van der Waals surface area contributed by atoms with E-state index < -0.39 is 5.97 Å². The summed E-state index contributed by atoms with van der Waals surface area (Å²) in [6.45, 7) is 1.91. The Balaban J connectivity index is 1.48. The molecule has 0 saturated heterocycles. The molecule has 0 bridgehead atoms. The highest BCUT2D eigenvalue weighted by Gasteiger charge is 2.13. The lowest BCUT2D eigenvalue weighted by atomic mass is 10.2. The average molecular weight is 329 g/mol. The van der Waals surface area contributed by atoms with E-state index in [1.807, 2.05) is 31.2 Å². The van der Waals surface area contributed by atoms with Crippen LogP contribution in [0.2, 0.25) is 0 Å². The van der Waals surface area contributed by atoms with E-state index in [0.29, 0.717) is 16.4 Å². The predicted octanol–water partition coefficient (Wildman–Crippen LogP) is 3.90. The number of hydrogen-bond donors (Lipinski definition) is 0. The number of aryl methyl sites for hydroxylation is 1. The van der Waals surface area contributed by atoms with E-state index in [2.05, 4.69) is 4.98 Å². The molecule has 0 aliphatic carbocycles. The van der Waals surface area contributed by atoms with Crippen molar-refractivity contribution in [2.75, 3.05) is 0 Å². The van der Waals surface area contributed by atoms with E-state index in [1.165, 1.54) is 11.3 Å². The fourth-order valence-electron chi connectivity index (χ4n) is 2.12. The summed E-state index contributed by atoms with van der Waals surface area (Å²) in [7, 11) is 0. The zero-order valence-electron chi connectivity index (χ0n) is 12.6. The van der Waals surface area contributed by atoms with E-state index in [-0.39, 0.29) is 25.2 Å². The van der Waals surface area contributed by atoms with Crippen LogP contribution in [-0.2, 0) is 16.1 Å². The van der Waals surface area contributed by atoms with Crippen molar-refractivity contribution in [3.8, 4) is 0 Å². The van der Waals surface area contributed by atoms with E-state index in [4.69, 9.17) is 9.15 Å². The molecule has 23 heavy (non-hydrogen) atoms. The number of ether oxygens (including phenoxy) is 1. The molecule has 0 unspecified atom stereocenters. The summed E-state index contributed by atoms with van der Waals surface area (Å²) in [5, 5.41) is 0. The van der Waals surface area contributed by atoms with Gasteiger partial charge in [-0.3, -0.25) is 9.59 Å². The number of nitrogens with zero attached hydrogens (tertiary/aromatic N) is 1. The van der Waals surface area contributed by atoms with Gasteiger partial charge in [-0.25, -0.2) is 4.98 Å². The monoisotopic (exact) mass is 329 g/mol. The molecule has 0 N–H and O–H groups in total. The average Bonchev–Trinajstić information content (AvgIpc) is 3.16. The van der Waals surface area contributed by atoms with Gasteiger partial charge < -0.3 is 9.15 Å². The maximum atomic E-state index is 11.9. The van der Waals surface area contributed by atoms with Gasteiger partial charge in [-0.05, 0) is 31.2 Å². The summed E-state index contributed by atoms with van der Waals surface area (Å²) in [6.07, 6.45) is 0.197. The first kappa shape index (κ1) is 15.4. The molecule has 3 rings (SSSR count). The number of para-hydroxylation sites is 2. The number of oxazole rings is 1. The Bertz CT molecular complexity index is 816. The number of fused-ring (bicyclic) bond motifs is 1. The van der Waals surface area contributed by atoms with Crippen molar-refractivity contribution in [2.45, 2.75) is 26.4 Å². The Morgan fingerprint density at radius 2 is 2.00 bits per heavy atom. The molecule has 2 aromatic heterocycles. The highest BCUT2D eigenvalue weighted by Crippen LogP contribution is 2.18. The molecule has 0 aliphatic rings. The summed E-state index contributed by atoms with van der Waals surface area (Å²) in [5.41, 5.74) is 1.38. The SMILES string of the molecule is Cc1ccc(C(=O)CCC(=O)OCc2nc3ccccc3o2)s1. The first-order chi connectivity index (χ1) is 11.1. The minimum absolute atomic E-state index is 0.0280. The zero-order chi connectivity index (χ0) is 16.2. The Hall–Kier alpha value is -2.47. The number of benzene rings is 1. The maximum absolute atomic E-state index is 11.9. The van der Waals surface area contributed by atoms with Gasteiger partial charge in [0.25, 0.3) is 0 Å². The van der Waals surface area contributed by atoms with Gasteiger partial charge in [-0.15, -0.1) is 11.3 Å². The van der Waals surface area contributed by atoms with Gasteiger partial charge in [0.05, 0.1) is 11.3 Å². The number of ketones is 1. The van der Waals surface area contributed by atoms with Crippen molar-refractivity contribution in [2.24, 2.45) is 0 Å². The molecule has 3 aromatic rings. The van der Waals surface area contributed by atoms with E-state index in [0.717, 1.165) is 10.4 Å². The Morgan fingerprint density at radius 3 is 2.74 bits per heavy atom. The molecular formula is C17H15NO4S. The van der Waals surface area contributed by atoms with Crippen LogP contribution in [0, 0.1) is 6.92 Å². The van der Waals surface area contributed by atoms with Crippen molar-refractivity contribution in [1.29, 1.82) is 0 Å². The molecule has 0 atom stereocenters. The summed E-state index contributed by atoms with van der Waals surface area (Å²) >= 11 is 1.43. The van der Waals surface area contributed by atoms with Crippen LogP contribution in [0.15, 0.2) is 40.8 Å². The molecule has 0 spiro atoms. The first-order valence-corrected chi connectivity index (χ1v) is 8.03. The second-order valence-electron chi connectivity index (χ2n) is 5.07. The van der Waals surface area contributed by atoms with Crippen LogP contribution in [-0.4, -0.2) is 16.7 Å². The fraction of sp³-hybridized carbons (Fsp3) is 0.235. The van der Waals surface area contributed by atoms with Crippen LogP contribution < -0.4 is 0 Å². The maximum Gasteiger partial charge on any atom is 0.306 e. The molecular weight excluding hydrogens is 314 g/mol. The number of carbonyl (C=O) groups is 2. The number of Topliss-reactive ketones (excluding diaryl/α,β-unsaturated/α-hetero) is 1. The second kappa shape index (κ2) is 6.75. The largest absolute Gasteiger partial charge is 0.456 e. The van der Waals surface area contributed by atoms with Crippen LogP contribution in [0.1, 0.15) is 33.3 Å². The minimum Gasteiger partial charge on any atom is -0.456 e. The van der Waals surface area contributed by atoms with Crippen LogP contribution in [0.5, 0.6) is 0 Å². The topological polar surface area (TPSA) is 69.4 Å². The molecule has 0 radical (unpaired) electrons. The number of aromatic nitrogens is 1. The van der Waals surface area contributed by atoms with Gasteiger partial charge in [0, 0.05) is 11.3 Å². The molecule has 0 amide bonds.